The van der Waals surface area contributed by atoms with Gasteiger partial charge in [-0.2, -0.15) is 0 Å². The fraction of sp³-hybridized carbons (Fsp3) is 0.769. The van der Waals surface area contributed by atoms with Gasteiger partial charge in [0.1, 0.15) is 5.76 Å². The molecule has 1 heterocycles. The Kier molecular flexibility index (Phi) is 3.83. The fourth-order valence-electron chi connectivity index (χ4n) is 2.06. The van der Waals surface area contributed by atoms with Crippen molar-refractivity contribution >= 4 is 10.0 Å². The molecule has 1 aromatic heterocycles. The van der Waals surface area contributed by atoms with E-state index >= 15 is 0 Å². The summed E-state index contributed by atoms with van der Waals surface area (Å²) >= 11 is 0. The number of nitrogens with one attached hydrogen (secondary N) is 2. The zero-order valence-corrected chi connectivity index (χ0v) is 12.4. The van der Waals surface area contributed by atoms with Crippen molar-refractivity contribution in [2.75, 3.05) is 6.54 Å². The van der Waals surface area contributed by atoms with Gasteiger partial charge in [0.15, 0.2) is 0 Å². The minimum absolute atomic E-state index is 0.0598. The molecule has 0 bridgehead atoms. The smallest absolute Gasteiger partial charge is 0.214 e. The van der Waals surface area contributed by atoms with Crippen molar-refractivity contribution in [3.63, 3.8) is 0 Å². The Hall–Kier alpha value is -0.920. The predicted octanol–water partition coefficient (Wildman–Crippen LogP) is 1.11. The van der Waals surface area contributed by atoms with Gasteiger partial charge in [0.25, 0.3) is 0 Å². The van der Waals surface area contributed by atoms with Gasteiger partial charge in [-0.25, -0.2) is 13.1 Å². The molecule has 0 aliphatic heterocycles. The van der Waals surface area contributed by atoms with Crippen LogP contribution in [0.15, 0.2) is 10.6 Å². The Morgan fingerprint density at radius 2 is 2.15 bits per heavy atom. The largest absolute Gasteiger partial charge is 0.361 e. The van der Waals surface area contributed by atoms with Crippen LogP contribution in [0.2, 0.25) is 0 Å². The molecule has 1 unspecified atom stereocenters. The highest BCUT2D eigenvalue weighted by molar-refractivity contribution is 7.90. The molecule has 2 saturated carbocycles. The number of aromatic nitrogens is 1. The van der Waals surface area contributed by atoms with E-state index in [1.807, 2.05) is 13.0 Å². The summed E-state index contributed by atoms with van der Waals surface area (Å²) in [5, 5.41) is 7.11. The summed E-state index contributed by atoms with van der Waals surface area (Å²) in [6, 6.07) is 2.05. The van der Waals surface area contributed by atoms with Crippen LogP contribution in [0.1, 0.15) is 50.0 Å². The molecule has 112 valence electrons. The molecule has 1 atom stereocenters. The third kappa shape index (κ3) is 3.59. The Morgan fingerprint density at radius 1 is 1.40 bits per heavy atom. The van der Waals surface area contributed by atoms with Crippen molar-refractivity contribution in [2.24, 2.45) is 0 Å². The van der Waals surface area contributed by atoms with Crippen molar-refractivity contribution in [3.05, 3.63) is 17.5 Å². The molecule has 20 heavy (non-hydrogen) atoms. The normalized spacial score (nSPS) is 21.1. The van der Waals surface area contributed by atoms with Gasteiger partial charge in [-0.15, -0.1) is 0 Å². The Morgan fingerprint density at radius 3 is 2.80 bits per heavy atom. The standard InChI is InChI=1S/C13H21N3O3S/c1-9(7-15-20(17,18)12-4-5-12)14-8-11-6-13(19-16-11)10-2-3-10/h6,9-10,12,14-15H,2-5,7-8H2,1H3. The fourth-order valence-corrected chi connectivity index (χ4v) is 3.53. The van der Waals surface area contributed by atoms with Gasteiger partial charge in [-0.1, -0.05) is 5.16 Å². The van der Waals surface area contributed by atoms with Crippen LogP contribution in [0, 0.1) is 0 Å². The zero-order valence-electron chi connectivity index (χ0n) is 11.6. The van der Waals surface area contributed by atoms with Crippen LogP contribution in [0.4, 0.5) is 0 Å². The highest BCUT2D eigenvalue weighted by Crippen LogP contribution is 2.40. The highest BCUT2D eigenvalue weighted by Gasteiger charge is 2.35. The summed E-state index contributed by atoms with van der Waals surface area (Å²) in [6.07, 6.45) is 3.98. The van der Waals surface area contributed by atoms with Gasteiger partial charge in [-0.05, 0) is 32.6 Å². The summed E-state index contributed by atoms with van der Waals surface area (Å²) in [5.41, 5.74) is 0.879. The van der Waals surface area contributed by atoms with Gasteiger partial charge in [-0.3, -0.25) is 0 Å². The molecule has 0 spiro atoms. The third-order valence-corrected chi connectivity index (χ3v) is 5.66. The lowest BCUT2D eigenvalue weighted by molar-refractivity contribution is 0.374. The predicted molar refractivity (Wildman–Crippen MR) is 74.7 cm³/mol. The van der Waals surface area contributed by atoms with E-state index in [0.29, 0.717) is 19.0 Å². The highest BCUT2D eigenvalue weighted by atomic mass is 32.2. The Balaban J connectivity index is 1.40. The van der Waals surface area contributed by atoms with E-state index < -0.39 is 10.0 Å². The summed E-state index contributed by atoms with van der Waals surface area (Å²) in [5.74, 6) is 1.54. The van der Waals surface area contributed by atoms with Crippen molar-refractivity contribution in [1.29, 1.82) is 0 Å². The van der Waals surface area contributed by atoms with Gasteiger partial charge < -0.3 is 9.84 Å². The lowest BCUT2D eigenvalue weighted by Crippen LogP contribution is -2.39. The van der Waals surface area contributed by atoms with Crippen LogP contribution in [-0.4, -0.2) is 31.4 Å². The lowest BCUT2D eigenvalue weighted by Gasteiger charge is -2.13. The van der Waals surface area contributed by atoms with Crippen LogP contribution in [0.25, 0.3) is 0 Å². The molecular weight excluding hydrogens is 278 g/mol. The maximum atomic E-state index is 11.7. The van der Waals surface area contributed by atoms with Gasteiger partial charge >= 0.3 is 0 Å². The van der Waals surface area contributed by atoms with Gasteiger partial charge in [0.05, 0.1) is 10.9 Å². The summed E-state index contributed by atoms with van der Waals surface area (Å²) in [7, 11) is -3.09. The first-order chi connectivity index (χ1) is 9.54. The quantitative estimate of drug-likeness (QED) is 0.751. The second-order valence-corrected chi connectivity index (χ2v) is 7.92. The minimum atomic E-state index is -3.09. The maximum absolute atomic E-state index is 11.7. The van der Waals surface area contributed by atoms with E-state index in [1.165, 1.54) is 12.8 Å². The minimum Gasteiger partial charge on any atom is -0.361 e. The molecule has 1 aromatic rings. The van der Waals surface area contributed by atoms with Crippen molar-refractivity contribution in [2.45, 2.75) is 56.4 Å². The number of sulfonamides is 1. The van der Waals surface area contributed by atoms with Crippen LogP contribution in [0.5, 0.6) is 0 Å². The number of hydrogen-bond donors (Lipinski definition) is 2. The number of rotatable bonds is 8. The first-order valence-electron chi connectivity index (χ1n) is 7.22. The zero-order chi connectivity index (χ0) is 14.2. The van der Waals surface area contributed by atoms with E-state index in [0.717, 1.165) is 24.3 Å². The summed E-state index contributed by atoms with van der Waals surface area (Å²) in [6.45, 7) is 2.96. The van der Waals surface area contributed by atoms with Crippen molar-refractivity contribution < 1.29 is 12.9 Å². The number of nitrogens with zero attached hydrogens (tertiary/aromatic N) is 1. The Labute approximate surface area is 119 Å². The average Bonchev–Trinajstić information content (AvgIpc) is 3.31. The first-order valence-corrected chi connectivity index (χ1v) is 8.76. The average molecular weight is 299 g/mol. The monoisotopic (exact) mass is 299 g/mol. The van der Waals surface area contributed by atoms with E-state index in [-0.39, 0.29) is 11.3 Å². The second-order valence-electron chi connectivity index (χ2n) is 5.87. The molecule has 7 heteroatoms. The van der Waals surface area contributed by atoms with E-state index in [1.54, 1.807) is 0 Å². The van der Waals surface area contributed by atoms with E-state index in [4.69, 9.17) is 4.52 Å². The van der Waals surface area contributed by atoms with Crippen LogP contribution in [-0.2, 0) is 16.6 Å². The Bertz CT molecular complexity index is 561. The maximum Gasteiger partial charge on any atom is 0.214 e. The number of hydrogen-bond acceptors (Lipinski definition) is 5. The molecule has 3 rings (SSSR count). The summed E-state index contributed by atoms with van der Waals surface area (Å²) in [4.78, 5) is 0. The van der Waals surface area contributed by atoms with E-state index in [9.17, 15) is 8.42 Å². The topological polar surface area (TPSA) is 84.2 Å². The second kappa shape index (κ2) is 5.46. The van der Waals surface area contributed by atoms with Gasteiger partial charge in [0.2, 0.25) is 10.0 Å². The SMILES string of the molecule is CC(CNS(=O)(=O)C1CC1)NCc1cc(C2CC2)on1. The van der Waals surface area contributed by atoms with Crippen LogP contribution >= 0.6 is 0 Å². The molecule has 2 N–H and O–H groups in total. The molecule has 0 amide bonds. The molecule has 0 radical (unpaired) electrons. The van der Waals surface area contributed by atoms with Crippen LogP contribution < -0.4 is 10.0 Å². The van der Waals surface area contributed by atoms with Crippen molar-refractivity contribution in [3.8, 4) is 0 Å². The van der Waals surface area contributed by atoms with Crippen LogP contribution in [0.3, 0.4) is 0 Å². The third-order valence-electron chi connectivity index (χ3n) is 3.74. The molecule has 2 fully saturated rings. The molecular formula is C13H21N3O3S. The molecule has 6 nitrogen and oxygen atoms in total. The first kappa shape index (κ1) is 14.0. The molecule has 0 saturated heterocycles. The van der Waals surface area contributed by atoms with Crippen molar-refractivity contribution in [1.82, 2.24) is 15.2 Å². The molecule has 0 aromatic carbocycles. The summed E-state index contributed by atoms with van der Waals surface area (Å²) < 4.78 is 31.3. The lowest BCUT2D eigenvalue weighted by atomic mass is 10.2. The molecule has 2 aliphatic carbocycles. The van der Waals surface area contributed by atoms with Gasteiger partial charge in [0, 0.05) is 31.1 Å². The van der Waals surface area contributed by atoms with E-state index in [2.05, 4.69) is 15.2 Å². The molecule has 2 aliphatic rings.